The summed E-state index contributed by atoms with van der Waals surface area (Å²) in [5.74, 6) is 0.665. The fourth-order valence-corrected chi connectivity index (χ4v) is 2.37. The zero-order valence-electron chi connectivity index (χ0n) is 10.9. The standard InChI is InChI=1S/C15H14O3/c1-7-5-11-13(16)9(3)10(4)18-15(11)12-8(2)6-17-14(7)12/h5-6H,1-4H3. The summed E-state index contributed by atoms with van der Waals surface area (Å²) in [6.07, 6.45) is 1.70. The highest BCUT2D eigenvalue weighted by molar-refractivity contribution is 6.05. The Hall–Kier alpha value is -2.03. The van der Waals surface area contributed by atoms with Crippen LogP contribution in [0.4, 0.5) is 0 Å². The lowest BCUT2D eigenvalue weighted by Gasteiger charge is -2.05. The van der Waals surface area contributed by atoms with Crippen LogP contribution < -0.4 is 5.43 Å². The Labute approximate surface area is 104 Å². The van der Waals surface area contributed by atoms with Crippen molar-refractivity contribution < 1.29 is 8.83 Å². The molecule has 0 aliphatic rings. The van der Waals surface area contributed by atoms with Crippen LogP contribution in [0.15, 0.2) is 26.0 Å². The predicted octanol–water partition coefficient (Wildman–Crippen LogP) is 3.77. The van der Waals surface area contributed by atoms with Crippen LogP contribution in [0.2, 0.25) is 0 Å². The summed E-state index contributed by atoms with van der Waals surface area (Å²) < 4.78 is 11.4. The van der Waals surface area contributed by atoms with Gasteiger partial charge in [-0.1, -0.05) is 0 Å². The monoisotopic (exact) mass is 242 g/mol. The van der Waals surface area contributed by atoms with Crippen molar-refractivity contribution in [1.82, 2.24) is 0 Å². The Morgan fingerprint density at radius 1 is 1.00 bits per heavy atom. The quantitative estimate of drug-likeness (QED) is 0.602. The second kappa shape index (κ2) is 3.48. The van der Waals surface area contributed by atoms with Gasteiger partial charge in [-0.3, -0.25) is 4.79 Å². The van der Waals surface area contributed by atoms with Crippen LogP contribution in [0, 0.1) is 27.7 Å². The molecule has 2 aromatic heterocycles. The molecule has 2 heterocycles. The molecular weight excluding hydrogens is 228 g/mol. The predicted molar refractivity (Wildman–Crippen MR) is 71.2 cm³/mol. The van der Waals surface area contributed by atoms with E-state index in [2.05, 4.69) is 0 Å². The van der Waals surface area contributed by atoms with Crippen molar-refractivity contribution in [3.63, 3.8) is 0 Å². The molecule has 0 atom stereocenters. The van der Waals surface area contributed by atoms with E-state index in [1.165, 1.54) is 0 Å². The molecule has 0 aliphatic heterocycles. The molecule has 0 saturated carbocycles. The van der Waals surface area contributed by atoms with Crippen LogP contribution in [0.3, 0.4) is 0 Å². The van der Waals surface area contributed by atoms with Crippen molar-refractivity contribution in [3.8, 4) is 0 Å². The molecule has 18 heavy (non-hydrogen) atoms. The van der Waals surface area contributed by atoms with E-state index in [4.69, 9.17) is 8.83 Å². The molecular formula is C15H14O3. The smallest absolute Gasteiger partial charge is 0.195 e. The summed E-state index contributed by atoms with van der Waals surface area (Å²) in [6.45, 7) is 7.51. The molecule has 1 aromatic carbocycles. The third-order valence-electron chi connectivity index (χ3n) is 3.53. The van der Waals surface area contributed by atoms with Gasteiger partial charge in [-0.25, -0.2) is 0 Å². The molecule has 3 aromatic rings. The molecule has 0 bridgehead atoms. The first-order valence-electron chi connectivity index (χ1n) is 5.92. The lowest BCUT2D eigenvalue weighted by Crippen LogP contribution is -2.07. The Morgan fingerprint density at radius 3 is 2.44 bits per heavy atom. The van der Waals surface area contributed by atoms with Gasteiger partial charge in [0, 0.05) is 5.56 Å². The van der Waals surface area contributed by atoms with Crippen LogP contribution in [0.5, 0.6) is 0 Å². The lowest BCUT2D eigenvalue weighted by molar-refractivity contribution is 0.561. The van der Waals surface area contributed by atoms with Crippen LogP contribution in [0.25, 0.3) is 21.9 Å². The SMILES string of the molecule is Cc1oc2c(cc(C)c3occ(C)c32)c(=O)c1C. The molecule has 0 radical (unpaired) electrons. The van der Waals surface area contributed by atoms with Crippen LogP contribution >= 0.6 is 0 Å². The molecule has 0 amide bonds. The zero-order chi connectivity index (χ0) is 13.0. The summed E-state index contributed by atoms with van der Waals surface area (Å²) in [7, 11) is 0. The second-order valence-electron chi connectivity index (χ2n) is 4.81. The normalized spacial score (nSPS) is 11.6. The summed E-state index contributed by atoms with van der Waals surface area (Å²) in [5, 5.41) is 1.54. The van der Waals surface area contributed by atoms with E-state index < -0.39 is 0 Å². The van der Waals surface area contributed by atoms with E-state index in [-0.39, 0.29) is 5.43 Å². The Morgan fingerprint density at radius 2 is 1.72 bits per heavy atom. The molecule has 3 rings (SSSR count). The number of hydrogen-bond donors (Lipinski definition) is 0. The molecule has 0 unspecified atom stereocenters. The topological polar surface area (TPSA) is 43.4 Å². The molecule has 0 fully saturated rings. The van der Waals surface area contributed by atoms with Gasteiger partial charge in [0.2, 0.25) is 0 Å². The summed E-state index contributed by atoms with van der Waals surface area (Å²) in [4.78, 5) is 12.3. The summed E-state index contributed by atoms with van der Waals surface area (Å²) in [6, 6.07) is 1.85. The molecule has 3 nitrogen and oxygen atoms in total. The lowest BCUT2D eigenvalue weighted by atomic mass is 10.0. The molecule has 0 saturated heterocycles. The number of benzene rings is 1. The van der Waals surface area contributed by atoms with E-state index in [1.54, 1.807) is 13.2 Å². The van der Waals surface area contributed by atoms with Gasteiger partial charge in [0.05, 0.1) is 17.0 Å². The summed E-state index contributed by atoms with van der Waals surface area (Å²) >= 11 is 0. The minimum atomic E-state index is 0.0411. The third kappa shape index (κ3) is 1.27. The van der Waals surface area contributed by atoms with E-state index >= 15 is 0 Å². The maximum Gasteiger partial charge on any atom is 0.195 e. The molecule has 0 aliphatic carbocycles. The first kappa shape index (κ1) is 11.1. The van der Waals surface area contributed by atoms with Crippen LogP contribution in [0.1, 0.15) is 22.5 Å². The number of aryl methyl sites for hydroxylation is 3. The highest BCUT2D eigenvalue weighted by atomic mass is 16.3. The fraction of sp³-hybridized carbons (Fsp3) is 0.267. The van der Waals surface area contributed by atoms with Crippen molar-refractivity contribution in [2.24, 2.45) is 0 Å². The molecule has 3 heteroatoms. The van der Waals surface area contributed by atoms with Gasteiger partial charge >= 0.3 is 0 Å². The van der Waals surface area contributed by atoms with Gasteiger partial charge in [0.1, 0.15) is 16.9 Å². The van der Waals surface area contributed by atoms with Crippen LogP contribution in [-0.2, 0) is 0 Å². The Kier molecular flexibility index (Phi) is 2.14. The van der Waals surface area contributed by atoms with Gasteiger partial charge in [0.15, 0.2) is 5.43 Å². The van der Waals surface area contributed by atoms with E-state index in [0.29, 0.717) is 22.3 Å². The Bertz CT molecular complexity index is 834. The molecule has 0 N–H and O–H groups in total. The first-order valence-corrected chi connectivity index (χ1v) is 5.92. The molecule has 92 valence electrons. The maximum absolute atomic E-state index is 12.3. The maximum atomic E-state index is 12.3. The van der Waals surface area contributed by atoms with Gasteiger partial charge in [-0.05, 0) is 44.9 Å². The highest BCUT2D eigenvalue weighted by Crippen LogP contribution is 2.31. The van der Waals surface area contributed by atoms with E-state index in [0.717, 1.165) is 22.1 Å². The average molecular weight is 242 g/mol. The van der Waals surface area contributed by atoms with Crippen molar-refractivity contribution >= 4 is 21.9 Å². The average Bonchev–Trinajstić information content (AvgIpc) is 2.72. The summed E-state index contributed by atoms with van der Waals surface area (Å²) in [5.41, 5.74) is 4.09. The van der Waals surface area contributed by atoms with Crippen molar-refractivity contribution in [3.05, 3.63) is 45.0 Å². The largest absolute Gasteiger partial charge is 0.464 e. The van der Waals surface area contributed by atoms with Crippen LogP contribution in [-0.4, -0.2) is 0 Å². The number of fused-ring (bicyclic) bond motifs is 3. The van der Waals surface area contributed by atoms with Crippen molar-refractivity contribution in [1.29, 1.82) is 0 Å². The number of furan rings is 1. The highest BCUT2D eigenvalue weighted by Gasteiger charge is 2.16. The minimum Gasteiger partial charge on any atom is -0.464 e. The number of rotatable bonds is 0. The molecule has 0 spiro atoms. The van der Waals surface area contributed by atoms with Crippen molar-refractivity contribution in [2.45, 2.75) is 27.7 Å². The van der Waals surface area contributed by atoms with E-state index in [9.17, 15) is 4.79 Å². The first-order chi connectivity index (χ1) is 8.50. The fourth-order valence-electron chi connectivity index (χ4n) is 2.37. The second-order valence-corrected chi connectivity index (χ2v) is 4.81. The van der Waals surface area contributed by atoms with Gasteiger partial charge in [0.25, 0.3) is 0 Å². The van der Waals surface area contributed by atoms with Gasteiger partial charge in [-0.15, -0.1) is 0 Å². The number of hydrogen-bond acceptors (Lipinski definition) is 3. The van der Waals surface area contributed by atoms with Gasteiger partial charge in [-0.2, -0.15) is 0 Å². The van der Waals surface area contributed by atoms with Gasteiger partial charge < -0.3 is 8.83 Å². The third-order valence-corrected chi connectivity index (χ3v) is 3.53. The Balaban J connectivity index is 2.71. The van der Waals surface area contributed by atoms with Crippen molar-refractivity contribution in [2.75, 3.05) is 0 Å². The van der Waals surface area contributed by atoms with E-state index in [1.807, 2.05) is 26.8 Å². The zero-order valence-corrected chi connectivity index (χ0v) is 10.9. The minimum absolute atomic E-state index is 0.0411.